The fourth-order valence-corrected chi connectivity index (χ4v) is 7.03. The van der Waals surface area contributed by atoms with Gasteiger partial charge >= 0.3 is 0 Å². The Morgan fingerprint density at radius 2 is 1.14 bits per heavy atom. The molecule has 2 aromatic heterocycles. The van der Waals surface area contributed by atoms with E-state index in [1.807, 2.05) is 24.4 Å². The molecule has 0 saturated carbocycles. The lowest BCUT2D eigenvalue weighted by Gasteiger charge is -2.23. The molecule has 10 rings (SSSR count). The van der Waals surface area contributed by atoms with Gasteiger partial charge in [-0.2, -0.15) is 0 Å². The van der Waals surface area contributed by atoms with Crippen LogP contribution in [-0.2, 0) is 0 Å². The number of hydrogen-bond donors (Lipinski definition) is 1. The Balaban J connectivity index is 1.23. The van der Waals surface area contributed by atoms with E-state index in [1.54, 1.807) is 0 Å². The zero-order valence-electron chi connectivity index (χ0n) is 26.3. The van der Waals surface area contributed by atoms with E-state index in [2.05, 4.69) is 139 Å². The Bertz CT molecular complexity index is 2810. The fraction of sp³-hybridized carbons (Fsp3) is 0.0227. The predicted molar refractivity (Wildman–Crippen MR) is 201 cm³/mol. The number of benzene rings is 7. The first-order chi connectivity index (χ1) is 24.2. The predicted octanol–water partition coefficient (Wildman–Crippen LogP) is 10.6. The number of rotatable bonds is 4. The molecule has 5 heteroatoms. The van der Waals surface area contributed by atoms with Crippen molar-refractivity contribution < 1.29 is 4.42 Å². The van der Waals surface area contributed by atoms with E-state index in [9.17, 15) is 0 Å². The van der Waals surface area contributed by atoms with Crippen molar-refractivity contribution in [3.63, 3.8) is 0 Å². The van der Waals surface area contributed by atoms with Gasteiger partial charge in [0.15, 0.2) is 5.84 Å². The Kier molecular flexibility index (Phi) is 6.18. The number of aliphatic imine (C=N–C) groups is 2. The molecule has 0 aliphatic carbocycles. The lowest BCUT2D eigenvalue weighted by Crippen LogP contribution is -2.33. The fourth-order valence-electron chi connectivity index (χ4n) is 7.03. The van der Waals surface area contributed by atoms with Crippen LogP contribution in [0.25, 0.3) is 65.4 Å². The van der Waals surface area contributed by atoms with Crippen molar-refractivity contribution in [1.82, 2.24) is 10.3 Å². The van der Waals surface area contributed by atoms with E-state index < -0.39 is 0 Å². The highest BCUT2D eigenvalue weighted by Crippen LogP contribution is 2.40. The molecule has 0 spiro atoms. The number of fused-ring (bicyclic) bond motifs is 6. The zero-order valence-corrected chi connectivity index (χ0v) is 26.3. The van der Waals surface area contributed by atoms with Crippen LogP contribution in [0.4, 0.5) is 0 Å². The zero-order chi connectivity index (χ0) is 32.3. The molecule has 230 valence electrons. The van der Waals surface area contributed by atoms with Crippen LogP contribution in [0.5, 0.6) is 0 Å². The van der Waals surface area contributed by atoms with E-state index in [1.165, 1.54) is 10.8 Å². The first-order valence-electron chi connectivity index (χ1n) is 16.5. The summed E-state index contributed by atoms with van der Waals surface area (Å²) >= 11 is 0. The molecular formula is C44H28N4O. The Labute approximate surface area is 281 Å². The molecule has 5 nitrogen and oxygen atoms in total. The van der Waals surface area contributed by atoms with Crippen molar-refractivity contribution >= 4 is 65.9 Å². The third kappa shape index (κ3) is 4.67. The van der Waals surface area contributed by atoms with Crippen molar-refractivity contribution in [3.8, 4) is 11.1 Å². The van der Waals surface area contributed by atoms with E-state index >= 15 is 0 Å². The number of nitrogens with zero attached hydrogens (tertiary/aromatic N) is 3. The molecule has 1 atom stereocenters. The quantitative estimate of drug-likeness (QED) is 0.211. The SMILES string of the molecule is c1ccc(C2N=C(c3ncc(-c4ccc5ccccc5c4)c4oc5cc6ccccc6cc5c34)N=C(c3ccc4ccccc4c3)N2)cc1. The summed E-state index contributed by atoms with van der Waals surface area (Å²) in [6.45, 7) is 0. The van der Waals surface area contributed by atoms with Crippen LogP contribution < -0.4 is 5.32 Å². The maximum absolute atomic E-state index is 6.80. The molecule has 1 aliphatic rings. The number of pyridine rings is 1. The van der Waals surface area contributed by atoms with Gasteiger partial charge in [0.1, 0.15) is 28.9 Å². The Morgan fingerprint density at radius 1 is 0.551 bits per heavy atom. The normalized spacial score (nSPS) is 14.7. The van der Waals surface area contributed by atoms with Gasteiger partial charge in [0.25, 0.3) is 0 Å². The largest absolute Gasteiger partial charge is 0.455 e. The van der Waals surface area contributed by atoms with Crippen molar-refractivity contribution in [3.05, 3.63) is 175 Å². The van der Waals surface area contributed by atoms with Gasteiger partial charge in [-0.3, -0.25) is 4.98 Å². The Morgan fingerprint density at radius 3 is 1.86 bits per heavy atom. The summed E-state index contributed by atoms with van der Waals surface area (Å²) in [5, 5.41) is 12.4. The topological polar surface area (TPSA) is 62.8 Å². The van der Waals surface area contributed by atoms with Crippen LogP contribution in [0, 0.1) is 0 Å². The summed E-state index contributed by atoms with van der Waals surface area (Å²) in [5.74, 6) is 1.30. The van der Waals surface area contributed by atoms with Gasteiger partial charge in [0, 0.05) is 22.7 Å². The molecule has 1 N–H and O–H groups in total. The lowest BCUT2D eigenvalue weighted by atomic mass is 9.99. The van der Waals surface area contributed by atoms with Gasteiger partial charge in [-0.15, -0.1) is 0 Å². The minimum Gasteiger partial charge on any atom is -0.455 e. The van der Waals surface area contributed by atoms with Crippen LogP contribution in [-0.4, -0.2) is 16.7 Å². The maximum Gasteiger partial charge on any atom is 0.178 e. The summed E-state index contributed by atoms with van der Waals surface area (Å²) in [5.41, 5.74) is 6.26. The van der Waals surface area contributed by atoms with Gasteiger partial charge in [-0.05, 0) is 67.7 Å². The molecule has 9 aromatic rings. The van der Waals surface area contributed by atoms with Crippen molar-refractivity contribution in [1.29, 1.82) is 0 Å². The molecule has 0 saturated heterocycles. The third-order valence-corrected chi connectivity index (χ3v) is 9.51. The second kappa shape index (κ2) is 11.0. The second-order valence-corrected chi connectivity index (χ2v) is 12.5. The minimum absolute atomic E-state index is 0.355. The van der Waals surface area contributed by atoms with Crippen LogP contribution >= 0.6 is 0 Å². The molecule has 0 fully saturated rings. The summed E-state index contributed by atoms with van der Waals surface area (Å²) < 4.78 is 6.80. The van der Waals surface area contributed by atoms with E-state index in [4.69, 9.17) is 19.4 Å². The first-order valence-corrected chi connectivity index (χ1v) is 16.5. The summed E-state index contributed by atoms with van der Waals surface area (Å²) in [6, 6.07) is 52.7. The van der Waals surface area contributed by atoms with Crippen LogP contribution in [0.2, 0.25) is 0 Å². The smallest absolute Gasteiger partial charge is 0.178 e. The van der Waals surface area contributed by atoms with E-state index in [-0.39, 0.29) is 6.17 Å². The summed E-state index contributed by atoms with van der Waals surface area (Å²) in [4.78, 5) is 15.6. The average Bonchev–Trinajstić information content (AvgIpc) is 3.54. The molecule has 1 unspecified atom stereocenters. The maximum atomic E-state index is 6.80. The highest BCUT2D eigenvalue weighted by Gasteiger charge is 2.26. The number of amidine groups is 2. The highest BCUT2D eigenvalue weighted by atomic mass is 16.3. The van der Waals surface area contributed by atoms with E-state index in [0.29, 0.717) is 11.5 Å². The van der Waals surface area contributed by atoms with Crippen molar-refractivity contribution in [2.75, 3.05) is 0 Å². The molecule has 3 heterocycles. The average molecular weight is 629 g/mol. The number of nitrogens with one attached hydrogen (secondary N) is 1. The second-order valence-electron chi connectivity index (χ2n) is 12.5. The minimum atomic E-state index is -0.355. The molecular weight excluding hydrogens is 601 g/mol. The first kappa shape index (κ1) is 27.5. The summed E-state index contributed by atoms with van der Waals surface area (Å²) in [7, 11) is 0. The van der Waals surface area contributed by atoms with Crippen LogP contribution in [0.15, 0.2) is 172 Å². The summed E-state index contributed by atoms with van der Waals surface area (Å²) in [6.07, 6.45) is 1.56. The van der Waals surface area contributed by atoms with E-state index in [0.717, 1.165) is 71.6 Å². The highest BCUT2D eigenvalue weighted by molar-refractivity contribution is 6.23. The molecule has 0 radical (unpaired) electrons. The third-order valence-electron chi connectivity index (χ3n) is 9.51. The monoisotopic (exact) mass is 628 g/mol. The molecule has 1 aliphatic heterocycles. The van der Waals surface area contributed by atoms with Gasteiger partial charge in [0.2, 0.25) is 0 Å². The molecule has 49 heavy (non-hydrogen) atoms. The van der Waals surface area contributed by atoms with Crippen LogP contribution in [0.1, 0.15) is 23.0 Å². The molecule has 7 aromatic carbocycles. The van der Waals surface area contributed by atoms with Gasteiger partial charge in [0.05, 0.1) is 5.39 Å². The number of aromatic nitrogens is 1. The van der Waals surface area contributed by atoms with Crippen molar-refractivity contribution in [2.45, 2.75) is 6.17 Å². The standard InChI is InChI=1S/C44H28N4O/c1-2-12-29(13-3-1)42-46-43(35-21-19-28-11-5-7-15-31(28)23-35)48-44(47-42)40-39-36-24-32-16-8-9-17-33(32)25-38(36)49-41(39)37(26-45-40)34-20-18-27-10-4-6-14-30(27)22-34/h1-26,42H,(H,46,47,48). The van der Waals surface area contributed by atoms with Gasteiger partial charge in [-0.25, -0.2) is 9.98 Å². The van der Waals surface area contributed by atoms with Gasteiger partial charge in [-0.1, -0.05) is 127 Å². The number of hydrogen-bond acceptors (Lipinski definition) is 5. The van der Waals surface area contributed by atoms with Crippen LogP contribution in [0.3, 0.4) is 0 Å². The molecule has 0 bridgehead atoms. The molecule has 0 amide bonds. The lowest BCUT2D eigenvalue weighted by molar-refractivity contribution is 0.669. The number of furan rings is 1. The van der Waals surface area contributed by atoms with Gasteiger partial charge < -0.3 is 9.73 Å². The van der Waals surface area contributed by atoms with Crippen molar-refractivity contribution in [2.24, 2.45) is 9.98 Å². The Hall–Kier alpha value is -6.59.